The predicted molar refractivity (Wildman–Crippen MR) is 102 cm³/mol. The van der Waals surface area contributed by atoms with Gasteiger partial charge in [0.25, 0.3) is 0 Å². The van der Waals surface area contributed by atoms with Crippen molar-refractivity contribution in [2.45, 2.75) is 20.3 Å². The fraction of sp³-hybridized carbons (Fsp3) is 0.300. The van der Waals surface area contributed by atoms with Crippen molar-refractivity contribution < 1.29 is 14.3 Å². The molecule has 2 aromatic rings. The second kappa shape index (κ2) is 7.79. The summed E-state index contributed by atoms with van der Waals surface area (Å²) in [5, 5.41) is 6.56. The molecule has 0 N–H and O–H groups in total. The van der Waals surface area contributed by atoms with Gasteiger partial charge in [0.2, 0.25) is 5.91 Å². The standard InChI is InChI=1S/C20H21ClN2O3/c1-4-25-17-10-14-11-19(24)23(3)22-20(13-6-8-15(21)9-7-13)16(14)12-18(17)26-5-2/h6-10,12H,4-5,11H2,1-3H3. The van der Waals surface area contributed by atoms with Crippen molar-refractivity contribution in [1.82, 2.24) is 5.01 Å². The van der Waals surface area contributed by atoms with E-state index in [0.29, 0.717) is 35.4 Å². The molecular weight excluding hydrogens is 352 g/mol. The molecule has 0 atom stereocenters. The molecule has 0 unspecified atom stereocenters. The summed E-state index contributed by atoms with van der Waals surface area (Å²) < 4.78 is 11.5. The third-order valence-corrected chi connectivity index (χ3v) is 4.35. The number of carbonyl (C=O) groups is 1. The lowest BCUT2D eigenvalue weighted by molar-refractivity contribution is -0.129. The fourth-order valence-corrected chi connectivity index (χ4v) is 2.99. The lowest BCUT2D eigenvalue weighted by Gasteiger charge is -2.16. The van der Waals surface area contributed by atoms with Gasteiger partial charge in [0.05, 0.1) is 25.3 Å². The maximum Gasteiger partial charge on any atom is 0.246 e. The highest BCUT2D eigenvalue weighted by Gasteiger charge is 2.24. The topological polar surface area (TPSA) is 51.1 Å². The molecule has 26 heavy (non-hydrogen) atoms. The second-order valence-corrected chi connectivity index (χ2v) is 6.31. The first-order valence-electron chi connectivity index (χ1n) is 8.57. The van der Waals surface area contributed by atoms with Crippen LogP contribution < -0.4 is 9.47 Å². The Morgan fingerprint density at radius 2 is 1.69 bits per heavy atom. The number of hydrogen-bond acceptors (Lipinski definition) is 4. The average molecular weight is 373 g/mol. The van der Waals surface area contributed by atoms with Crippen LogP contribution in [0, 0.1) is 0 Å². The van der Waals surface area contributed by atoms with Crippen molar-refractivity contribution in [2.75, 3.05) is 20.3 Å². The Labute approximate surface area is 158 Å². The second-order valence-electron chi connectivity index (χ2n) is 5.87. The highest BCUT2D eigenvalue weighted by Crippen LogP contribution is 2.34. The number of hydrogen-bond donors (Lipinski definition) is 0. The summed E-state index contributed by atoms with van der Waals surface area (Å²) in [6.45, 7) is 4.88. The Morgan fingerprint density at radius 1 is 1.08 bits per heavy atom. The monoisotopic (exact) mass is 372 g/mol. The van der Waals surface area contributed by atoms with Gasteiger partial charge in [-0.1, -0.05) is 23.7 Å². The number of benzene rings is 2. The highest BCUT2D eigenvalue weighted by molar-refractivity contribution is 6.30. The van der Waals surface area contributed by atoms with Gasteiger partial charge < -0.3 is 9.47 Å². The molecule has 6 heteroatoms. The summed E-state index contributed by atoms with van der Waals surface area (Å²) in [6, 6.07) is 11.2. The zero-order valence-corrected chi connectivity index (χ0v) is 15.8. The lowest BCUT2D eigenvalue weighted by atomic mass is 9.95. The van der Waals surface area contributed by atoms with Gasteiger partial charge in [-0.3, -0.25) is 4.79 Å². The van der Waals surface area contributed by atoms with Crippen molar-refractivity contribution in [2.24, 2.45) is 5.10 Å². The van der Waals surface area contributed by atoms with Gasteiger partial charge in [0.15, 0.2) is 11.5 Å². The van der Waals surface area contributed by atoms with Crippen molar-refractivity contribution in [1.29, 1.82) is 0 Å². The summed E-state index contributed by atoms with van der Waals surface area (Å²) in [7, 11) is 1.66. The maximum absolute atomic E-state index is 12.4. The predicted octanol–water partition coefficient (Wildman–Crippen LogP) is 3.90. The molecule has 0 saturated carbocycles. The Hall–Kier alpha value is -2.53. The molecule has 3 rings (SSSR count). The molecule has 0 spiro atoms. The third kappa shape index (κ3) is 3.68. The first kappa shape index (κ1) is 18.3. The van der Waals surface area contributed by atoms with Crippen LogP contribution in [-0.2, 0) is 11.2 Å². The van der Waals surface area contributed by atoms with E-state index in [4.69, 9.17) is 21.1 Å². The minimum absolute atomic E-state index is 0.0816. The number of fused-ring (bicyclic) bond motifs is 1. The van der Waals surface area contributed by atoms with Crippen LogP contribution >= 0.6 is 11.6 Å². The Balaban J connectivity index is 2.19. The molecule has 2 aromatic carbocycles. The molecule has 1 heterocycles. The first-order chi connectivity index (χ1) is 12.5. The van der Waals surface area contributed by atoms with E-state index < -0.39 is 0 Å². The summed E-state index contributed by atoms with van der Waals surface area (Å²) in [4.78, 5) is 12.4. The SMILES string of the molecule is CCOc1cc2c(cc1OCC)C(c1ccc(Cl)cc1)=NN(C)C(=O)C2. The number of likely N-dealkylation sites (N-methyl/N-ethyl adjacent to an activating group) is 1. The molecule has 1 amide bonds. The summed E-state index contributed by atoms with van der Waals surface area (Å²) in [6.07, 6.45) is 0.249. The normalized spacial score (nSPS) is 13.8. The van der Waals surface area contributed by atoms with Crippen molar-refractivity contribution in [3.05, 3.63) is 58.1 Å². The van der Waals surface area contributed by atoms with Crippen LogP contribution in [-0.4, -0.2) is 36.9 Å². The Kier molecular flexibility index (Phi) is 5.47. The van der Waals surface area contributed by atoms with Gasteiger partial charge in [-0.25, -0.2) is 5.01 Å². The summed E-state index contributed by atoms with van der Waals surface area (Å²) in [5.74, 6) is 1.20. The number of ether oxygens (including phenoxy) is 2. The summed E-state index contributed by atoms with van der Waals surface area (Å²) >= 11 is 6.02. The van der Waals surface area contributed by atoms with E-state index in [9.17, 15) is 4.79 Å². The largest absolute Gasteiger partial charge is 0.490 e. The minimum atomic E-state index is -0.0816. The van der Waals surface area contributed by atoms with E-state index >= 15 is 0 Å². The van der Waals surface area contributed by atoms with Crippen LogP contribution in [0.5, 0.6) is 11.5 Å². The van der Waals surface area contributed by atoms with E-state index in [0.717, 1.165) is 16.7 Å². The molecule has 0 aliphatic carbocycles. The van der Waals surface area contributed by atoms with Crippen LogP contribution in [0.3, 0.4) is 0 Å². The molecule has 0 radical (unpaired) electrons. The van der Waals surface area contributed by atoms with Gasteiger partial charge in [-0.2, -0.15) is 5.10 Å². The van der Waals surface area contributed by atoms with E-state index in [1.165, 1.54) is 5.01 Å². The third-order valence-electron chi connectivity index (χ3n) is 4.09. The number of hydrazone groups is 1. The number of carbonyl (C=O) groups excluding carboxylic acids is 1. The number of amides is 1. The quantitative estimate of drug-likeness (QED) is 0.799. The van der Waals surface area contributed by atoms with E-state index in [1.54, 1.807) is 7.05 Å². The van der Waals surface area contributed by atoms with E-state index in [-0.39, 0.29) is 12.3 Å². The number of halogens is 1. The molecular formula is C20H21ClN2O3. The van der Waals surface area contributed by atoms with Gasteiger partial charge in [0, 0.05) is 23.2 Å². The van der Waals surface area contributed by atoms with Gasteiger partial charge >= 0.3 is 0 Å². The van der Waals surface area contributed by atoms with E-state index in [1.807, 2.05) is 50.2 Å². The Morgan fingerprint density at radius 3 is 2.31 bits per heavy atom. The fourth-order valence-electron chi connectivity index (χ4n) is 2.86. The average Bonchev–Trinajstić information content (AvgIpc) is 2.74. The zero-order chi connectivity index (χ0) is 18.7. The Bertz CT molecular complexity index is 847. The van der Waals surface area contributed by atoms with Crippen LogP contribution in [0.1, 0.15) is 30.5 Å². The maximum atomic E-state index is 12.4. The number of nitrogens with zero attached hydrogens (tertiary/aromatic N) is 2. The molecule has 5 nitrogen and oxygen atoms in total. The van der Waals surface area contributed by atoms with Crippen LogP contribution in [0.15, 0.2) is 41.5 Å². The van der Waals surface area contributed by atoms with Crippen LogP contribution in [0.2, 0.25) is 5.02 Å². The molecule has 1 aliphatic rings. The van der Waals surface area contributed by atoms with Gasteiger partial charge in [-0.15, -0.1) is 0 Å². The van der Waals surface area contributed by atoms with Crippen molar-refractivity contribution in [3.63, 3.8) is 0 Å². The molecule has 0 bridgehead atoms. The molecule has 0 fully saturated rings. The summed E-state index contributed by atoms with van der Waals surface area (Å²) in [5.41, 5.74) is 3.30. The van der Waals surface area contributed by atoms with Gasteiger partial charge in [0.1, 0.15) is 0 Å². The highest BCUT2D eigenvalue weighted by atomic mass is 35.5. The molecule has 0 saturated heterocycles. The van der Waals surface area contributed by atoms with Gasteiger partial charge in [-0.05, 0) is 43.7 Å². The molecule has 1 aliphatic heterocycles. The lowest BCUT2D eigenvalue weighted by Crippen LogP contribution is -2.22. The van der Waals surface area contributed by atoms with Crippen LogP contribution in [0.25, 0.3) is 0 Å². The smallest absolute Gasteiger partial charge is 0.246 e. The van der Waals surface area contributed by atoms with Crippen LogP contribution in [0.4, 0.5) is 0 Å². The minimum Gasteiger partial charge on any atom is -0.490 e. The van der Waals surface area contributed by atoms with Crippen molar-refractivity contribution in [3.8, 4) is 11.5 Å². The molecule has 136 valence electrons. The molecule has 0 aromatic heterocycles. The van der Waals surface area contributed by atoms with Crippen molar-refractivity contribution >= 4 is 23.2 Å². The van der Waals surface area contributed by atoms with E-state index in [2.05, 4.69) is 5.10 Å². The number of rotatable bonds is 5. The first-order valence-corrected chi connectivity index (χ1v) is 8.95. The zero-order valence-electron chi connectivity index (χ0n) is 15.1.